The predicted octanol–water partition coefficient (Wildman–Crippen LogP) is 4.03. The molecule has 1 aliphatic heterocycles. The smallest absolute Gasteiger partial charge is 0.320 e. The lowest BCUT2D eigenvalue weighted by Crippen LogP contribution is -2.32. The number of anilines is 1. The number of halogens is 2. The molecule has 176 valence electrons. The number of benzene rings is 2. The quantitative estimate of drug-likeness (QED) is 0.451. The summed E-state index contributed by atoms with van der Waals surface area (Å²) in [5.74, 6) is -0.224. The average Bonchev–Trinajstić information content (AvgIpc) is 3.28. The summed E-state index contributed by atoms with van der Waals surface area (Å²) in [7, 11) is 0. The second-order valence-electron chi connectivity index (χ2n) is 8.21. The number of nitrogens with zero attached hydrogens (tertiary/aromatic N) is 4. The molecule has 3 atom stereocenters. The summed E-state index contributed by atoms with van der Waals surface area (Å²) in [5, 5.41) is 9.52. The van der Waals surface area contributed by atoms with Crippen molar-refractivity contribution in [2.45, 2.75) is 12.0 Å². The van der Waals surface area contributed by atoms with Gasteiger partial charge in [-0.15, -0.1) is 0 Å². The maximum Gasteiger partial charge on any atom is 0.320 e. The van der Waals surface area contributed by atoms with E-state index in [-0.39, 0.29) is 35.8 Å². The van der Waals surface area contributed by atoms with E-state index < -0.39 is 17.7 Å². The molecular formula is C24H18F2N6O3. The van der Waals surface area contributed by atoms with Gasteiger partial charge in [-0.2, -0.15) is 5.10 Å². The zero-order chi connectivity index (χ0) is 23.9. The zero-order valence-electron chi connectivity index (χ0n) is 18.1. The molecule has 6 rings (SSSR count). The molecule has 3 heterocycles. The largest absolute Gasteiger partial charge is 0.490 e. The predicted molar refractivity (Wildman–Crippen MR) is 120 cm³/mol. The van der Waals surface area contributed by atoms with Gasteiger partial charge in [0.05, 0.1) is 18.5 Å². The van der Waals surface area contributed by atoms with E-state index >= 15 is 0 Å². The first-order valence-electron chi connectivity index (χ1n) is 10.8. The van der Waals surface area contributed by atoms with Crippen LogP contribution in [0.1, 0.15) is 11.5 Å². The Balaban J connectivity index is 1.05. The highest BCUT2D eigenvalue weighted by molar-refractivity contribution is 5.89. The van der Waals surface area contributed by atoms with E-state index in [2.05, 4.69) is 25.7 Å². The van der Waals surface area contributed by atoms with Crippen LogP contribution < -0.4 is 20.1 Å². The highest BCUT2D eigenvalue weighted by Gasteiger charge is 2.57. The number of rotatable bonds is 5. The Hall–Kier alpha value is -4.54. The molecule has 35 heavy (non-hydrogen) atoms. The Bertz CT molecular complexity index is 1380. The van der Waals surface area contributed by atoms with Crippen LogP contribution in [0.5, 0.6) is 17.2 Å². The van der Waals surface area contributed by atoms with E-state index in [0.717, 1.165) is 17.8 Å². The second kappa shape index (κ2) is 8.35. The van der Waals surface area contributed by atoms with Crippen LogP contribution in [0.25, 0.3) is 5.69 Å². The van der Waals surface area contributed by atoms with Gasteiger partial charge in [0.15, 0.2) is 11.6 Å². The fourth-order valence-electron chi connectivity index (χ4n) is 4.32. The minimum atomic E-state index is -0.604. The summed E-state index contributed by atoms with van der Waals surface area (Å²) >= 11 is 0. The normalized spacial score (nSPS) is 19.7. The van der Waals surface area contributed by atoms with Crippen LogP contribution in [-0.4, -0.2) is 38.4 Å². The Morgan fingerprint density at radius 1 is 1.06 bits per heavy atom. The molecule has 2 amide bonds. The monoisotopic (exact) mass is 476 g/mol. The summed E-state index contributed by atoms with van der Waals surface area (Å²) < 4.78 is 41.0. The Morgan fingerprint density at radius 2 is 1.86 bits per heavy atom. The fraction of sp³-hybridized carbons (Fsp3) is 0.167. The number of pyridine rings is 1. The van der Waals surface area contributed by atoms with Crippen molar-refractivity contribution in [2.24, 2.45) is 5.92 Å². The molecule has 1 saturated carbocycles. The molecule has 9 nitrogen and oxygen atoms in total. The van der Waals surface area contributed by atoms with Crippen LogP contribution in [0.4, 0.5) is 19.4 Å². The van der Waals surface area contributed by atoms with Crippen molar-refractivity contribution in [2.75, 3.05) is 11.9 Å². The van der Waals surface area contributed by atoms with Gasteiger partial charge in [-0.1, -0.05) is 0 Å². The number of aromatic nitrogens is 4. The standard InChI is InChI=1S/C24H18F2N6O3/c25-17-6-7-18(26)23-21(17)20-16(10-34-23)22(20)31-24(33)30-19-8-5-15(9-28-19)35-14-3-1-13(2-4-14)32-12-27-11-29-32/h1-9,11-12,16,20,22H,10H2,(H2,28,30,31,33)/t16-,20-,22-/m1/s1. The summed E-state index contributed by atoms with van der Waals surface area (Å²) in [6, 6.07) is 11.8. The van der Waals surface area contributed by atoms with E-state index in [1.807, 2.05) is 12.1 Å². The van der Waals surface area contributed by atoms with E-state index in [9.17, 15) is 13.6 Å². The first kappa shape index (κ1) is 21.0. The third-order valence-electron chi connectivity index (χ3n) is 6.05. The van der Waals surface area contributed by atoms with E-state index in [1.165, 1.54) is 12.5 Å². The first-order valence-corrected chi connectivity index (χ1v) is 10.8. The number of hydrogen-bond acceptors (Lipinski definition) is 6. The van der Waals surface area contributed by atoms with Crippen molar-refractivity contribution >= 4 is 11.8 Å². The molecule has 2 aliphatic rings. The van der Waals surface area contributed by atoms with Crippen LogP contribution in [-0.2, 0) is 0 Å². The Labute approximate surface area is 197 Å². The van der Waals surface area contributed by atoms with Gasteiger partial charge in [-0.3, -0.25) is 5.32 Å². The molecule has 4 aromatic rings. The van der Waals surface area contributed by atoms with E-state index in [0.29, 0.717) is 17.3 Å². The molecular weight excluding hydrogens is 458 g/mol. The number of ether oxygens (including phenoxy) is 2. The number of nitrogens with one attached hydrogen (secondary N) is 2. The van der Waals surface area contributed by atoms with Gasteiger partial charge in [0.2, 0.25) is 0 Å². The lowest BCUT2D eigenvalue weighted by atomic mass is 10.0. The fourth-order valence-corrected chi connectivity index (χ4v) is 4.32. The van der Waals surface area contributed by atoms with Crippen molar-refractivity contribution in [3.05, 3.63) is 84.6 Å². The van der Waals surface area contributed by atoms with Crippen molar-refractivity contribution < 1.29 is 23.0 Å². The second-order valence-corrected chi connectivity index (χ2v) is 8.21. The van der Waals surface area contributed by atoms with Crippen LogP contribution >= 0.6 is 0 Å². The summed E-state index contributed by atoms with van der Waals surface area (Å²) in [6.07, 6.45) is 4.54. The van der Waals surface area contributed by atoms with Crippen molar-refractivity contribution in [3.8, 4) is 22.9 Å². The minimum Gasteiger partial charge on any atom is -0.490 e. The molecule has 1 aliphatic carbocycles. The number of amides is 2. The van der Waals surface area contributed by atoms with Crippen LogP contribution in [0.15, 0.2) is 67.4 Å². The van der Waals surface area contributed by atoms with E-state index in [4.69, 9.17) is 9.47 Å². The molecule has 11 heteroatoms. The van der Waals surface area contributed by atoms with Crippen LogP contribution in [0, 0.1) is 17.6 Å². The molecule has 0 saturated heterocycles. The van der Waals surface area contributed by atoms with Crippen molar-refractivity contribution in [1.29, 1.82) is 0 Å². The molecule has 0 unspecified atom stereocenters. The Kier molecular flexibility index (Phi) is 5.02. The van der Waals surface area contributed by atoms with Gasteiger partial charge in [0.1, 0.15) is 35.8 Å². The highest BCUT2D eigenvalue weighted by atomic mass is 19.1. The molecule has 2 aromatic carbocycles. The maximum atomic E-state index is 14.3. The summed E-state index contributed by atoms with van der Waals surface area (Å²) in [5.41, 5.74) is 1.03. The molecule has 0 bridgehead atoms. The third kappa shape index (κ3) is 4.01. The third-order valence-corrected chi connectivity index (χ3v) is 6.05. The SMILES string of the molecule is O=C(Nc1ccc(Oc2ccc(-n3cncn3)cc2)cn1)N[C@@H]1[C@@H]2COc3c(F)ccc(F)c3[C@@H]21. The first-order chi connectivity index (χ1) is 17.1. The van der Waals surface area contributed by atoms with Crippen LogP contribution in [0.3, 0.4) is 0 Å². The molecule has 2 N–H and O–H groups in total. The lowest BCUT2D eigenvalue weighted by Gasteiger charge is -2.16. The number of carbonyl (C=O) groups is 1. The van der Waals surface area contributed by atoms with Gasteiger partial charge in [0.25, 0.3) is 0 Å². The molecule has 2 aromatic heterocycles. The molecule has 0 spiro atoms. The molecule has 1 fully saturated rings. The Morgan fingerprint density at radius 3 is 2.60 bits per heavy atom. The highest BCUT2D eigenvalue weighted by Crippen LogP contribution is 2.55. The van der Waals surface area contributed by atoms with Gasteiger partial charge in [0, 0.05) is 23.4 Å². The van der Waals surface area contributed by atoms with Gasteiger partial charge in [-0.05, 0) is 48.5 Å². The number of urea groups is 1. The van der Waals surface area contributed by atoms with Gasteiger partial charge in [-0.25, -0.2) is 28.2 Å². The summed E-state index contributed by atoms with van der Waals surface area (Å²) in [6.45, 7) is 0.215. The summed E-state index contributed by atoms with van der Waals surface area (Å²) in [4.78, 5) is 20.6. The van der Waals surface area contributed by atoms with Gasteiger partial charge < -0.3 is 14.8 Å². The van der Waals surface area contributed by atoms with E-state index in [1.54, 1.807) is 35.3 Å². The zero-order valence-corrected chi connectivity index (χ0v) is 18.1. The lowest BCUT2D eigenvalue weighted by molar-refractivity contribution is 0.247. The number of hydrogen-bond donors (Lipinski definition) is 2. The van der Waals surface area contributed by atoms with Crippen molar-refractivity contribution in [3.63, 3.8) is 0 Å². The average molecular weight is 476 g/mol. The molecule has 0 radical (unpaired) electrons. The topological polar surface area (TPSA) is 103 Å². The van der Waals surface area contributed by atoms with Crippen LogP contribution in [0.2, 0.25) is 0 Å². The minimum absolute atomic E-state index is 0.0683. The number of carbonyl (C=O) groups excluding carboxylic acids is 1. The van der Waals surface area contributed by atoms with Crippen molar-refractivity contribution in [1.82, 2.24) is 25.1 Å². The number of fused-ring (bicyclic) bond motifs is 3. The van der Waals surface area contributed by atoms with Gasteiger partial charge >= 0.3 is 6.03 Å². The maximum absolute atomic E-state index is 14.3.